The molecule has 1 atom stereocenters. The molecule has 0 saturated heterocycles. The lowest BCUT2D eigenvalue weighted by Crippen LogP contribution is -2.31. The van der Waals surface area contributed by atoms with Gasteiger partial charge in [-0.05, 0) is 36.6 Å². The van der Waals surface area contributed by atoms with Gasteiger partial charge in [0.25, 0.3) is 0 Å². The quantitative estimate of drug-likeness (QED) is 0.744. The van der Waals surface area contributed by atoms with Gasteiger partial charge in [-0.15, -0.1) is 0 Å². The fraction of sp³-hybridized carbons (Fsp3) is 0.250. The van der Waals surface area contributed by atoms with E-state index in [4.69, 9.17) is 0 Å². The summed E-state index contributed by atoms with van der Waals surface area (Å²) in [7, 11) is 0. The van der Waals surface area contributed by atoms with Crippen LogP contribution in [-0.4, -0.2) is 21.2 Å². The minimum atomic E-state index is -0.161. The first-order valence-corrected chi connectivity index (χ1v) is 8.77. The van der Waals surface area contributed by atoms with Crippen molar-refractivity contribution in [1.29, 1.82) is 0 Å². The van der Waals surface area contributed by atoms with Gasteiger partial charge in [0.15, 0.2) is 0 Å². The fourth-order valence-corrected chi connectivity index (χ4v) is 3.30. The van der Waals surface area contributed by atoms with Crippen LogP contribution in [0.5, 0.6) is 0 Å². The number of nitrogens with one attached hydrogen (secondary N) is 2. The average Bonchev–Trinajstić information content (AvgIpc) is 3.07. The zero-order valence-corrected chi connectivity index (χ0v) is 14.3. The van der Waals surface area contributed by atoms with E-state index < -0.39 is 0 Å². The van der Waals surface area contributed by atoms with Gasteiger partial charge in [-0.3, -0.25) is 9.59 Å². The molecule has 3 heterocycles. The van der Waals surface area contributed by atoms with Crippen molar-refractivity contribution in [3.05, 3.63) is 66.1 Å². The van der Waals surface area contributed by atoms with Crippen molar-refractivity contribution in [3.63, 3.8) is 0 Å². The van der Waals surface area contributed by atoms with E-state index in [-0.39, 0.29) is 17.7 Å². The van der Waals surface area contributed by atoms with E-state index in [1.54, 1.807) is 0 Å². The van der Waals surface area contributed by atoms with Crippen molar-refractivity contribution in [1.82, 2.24) is 14.7 Å². The van der Waals surface area contributed by atoms with Crippen LogP contribution in [0, 0.1) is 5.92 Å². The van der Waals surface area contributed by atoms with Crippen LogP contribution in [0.2, 0.25) is 0 Å². The van der Waals surface area contributed by atoms with Crippen molar-refractivity contribution in [2.45, 2.75) is 25.8 Å². The molecule has 0 radical (unpaired) electrons. The molecule has 0 saturated carbocycles. The van der Waals surface area contributed by atoms with E-state index in [1.807, 2.05) is 59.3 Å². The Hall–Kier alpha value is -3.15. The van der Waals surface area contributed by atoms with E-state index in [0.717, 1.165) is 22.6 Å². The number of carbonyl (C=O) groups is 2. The Bertz CT molecular complexity index is 930. The first-order chi connectivity index (χ1) is 12.7. The van der Waals surface area contributed by atoms with Crippen molar-refractivity contribution in [2.24, 2.45) is 5.92 Å². The molecule has 6 nitrogen and oxygen atoms in total. The van der Waals surface area contributed by atoms with Gasteiger partial charge in [0.05, 0.1) is 12.2 Å². The van der Waals surface area contributed by atoms with Crippen LogP contribution >= 0.6 is 0 Å². The Kier molecular flexibility index (Phi) is 4.39. The van der Waals surface area contributed by atoms with Crippen LogP contribution in [0.15, 0.2) is 54.9 Å². The van der Waals surface area contributed by atoms with Crippen molar-refractivity contribution in [2.75, 3.05) is 5.32 Å². The Morgan fingerprint density at radius 3 is 2.96 bits per heavy atom. The molecule has 1 unspecified atom stereocenters. The third-order valence-electron chi connectivity index (χ3n) is 4.71. The molecule has 132 valence electrons. The molecular formula is C20H20N4O2. The highest BCUT2D eigenvalue weighted by Crippen LogP contribution is 2.27. The van der Waals surface area contributed by atoms with Gasteiger partial charge in [0, 0.05) is 30.4 Å². The average molecular weight is 348 g/mol. The van der Waals surface area contributed by atoms with Gasteiger partial charge in [-0.25, -0.2) is 4.98 Å². The summed E-state index contributed by atoms with van der Waals surface area (Å²) in [5, 5.41) is 5.81. The maximum atomic E-state index is 12.2. The number of hydrogen-bond acceptors (Lipinski definition) is 3. The normalized spacial score (nSPS) is 16.2. The summed E-state index contributed by atoms with van der Waals surface area (Å²) < 4.78 is 1.92. The Morgan fingerprint density at radius 1 is 1.23 bits per heavy atom. The van der Waals surface area contributed by atoms with Crippen molar-refractivity contribution < 1.29 is 9.59 Å². The van der Waals surface area contributed by atoms with Crippen LogP contribution in [0.1, 0.15) is 24.1 Å². The molecule has 1 aliphatic heterocycles. The molecule has 2 aromatic heterocycles. The highest BCUT2D eigenvalue weighted by Gasteiger charge is 2.26. The topological polar surface area (TPSA) is 75.5 Å². The van der Waals surface area contributed by atoms with Gasteiger partial charge >= 0.3 is 0 Å². The zero-order valence-electron chi connectivity index (χ0n) is 14.3. The molecule has 0 spiro atoms. The number of hydrogen-bond donors (Lipinski definition) is 2. The Morgan fingerprint density at radius 2 is 2.08 bits per heavy atom. The molecule has 2 N–H and O–H groups in total. The van der Waals surface area contributed by atoms with Crippen LogP contribution in [0.4, 0.5) is 5.69 Å². The number of pyridine rings is 1. The minimum Gasteiger partial charge on any atom is -0.350 e. The van der Waals surface area contributed by atoms with Crippen LogP contribution in [0.25, 0.3) is 5.65 Å². The van der Waals surface area contributed by atoms with E-state index in [9.17, 15) is 9.59 Å². The summed E-state index contributed by atoms with van der Waals surface area (Å²) in [5.74, 6) is -0.226. The molecule has 0 bridgehead atoms. The number of aromatic nitrogens is 2. The summed E-state index contributed by atoms with van der Waals surface area (Å²) in [6, 6.07) is 13.6. The number of benzene rings is 1. The Labute approximate surface area is 151 Å². The third kappa shape index (κ3) is 3.44. The summed E-state index contributed by atoms with van der Waals surface area (Å²) >= 11 is 0. The van der Waals surface area contributed by atoms with E-state index in [1.165, 1.54) is 0 Å². The van der Waals surface area contributed by atoms with Gasteiger partial charge in [-0.2, -0.15) is 0 Å². The molecule has 2 amide bonds. The number of nitrogens with zero attached hydrogens (tertiary/aromatic N) is 2. The molecule has 1 aromatic carbocycles. The first-order valence-electron chi connectivity index (χ1n) is 8.77. The van der Waals surface area contributed by atoms with Gasteiger partial charge in [-0.1, -0.05) is 24.3 Å². The molecule has 0 fully saturated rings. The molecule has 0 aliphatic carbocycles. The number of imidazole rings is 1. The fourth-order valence-electron chi connectivity index (χ4n) is 3.30. The molecule has 26 heavy (non-hydrogen) atoms. The summed E-state index contributed by atoms with van der Waals surface area (Å²) in [5.41, 5.74) is 3.68. The molecular weight excluding hydrogens is 328 g/mol. The summed E-state index contributed by atoms with van der Waals surface area (Å²) in [6.07, 6.45) is 5.38. The monoisotopic (exact) mass is 348 g/mol. The predicted octanol–water partition coefficient (Wildman–Crippen LogP) is 2.54. The maximum Gasteiger partial charge on any atom is 0.227 e. The van der Waals surface area contributed by atoms with Crippen molar-refractivity contribution in [3.8, 4) is 0 Å². The number of rotatable bonds is 5. The number of para-hydroxylation sites is 1. The van der Waals surface area contributed by atoms with Crippen LogP contribution in [-0.2, 0) is 22.6 Å². The second-order valence-corrected chi connectivity index (χ2v) is 6.56. The highest BCUT2D eigenvalue weighted by molar-refractivity contribution is 5.96. The van der Waals surface area contributed by atoms with E-state index >= 15 is 0 Å². The first kappa shape index (κ1) is 16.3. The zero-order chi connectivity index (χ0) is 17.9. The minimum absolute atomic E-state index is 0.00292. The maximum absolute atomic E-state index is 12.2. The Balaban J connectivity index is 1.29. The second-order valence-electron chi connectivity index (χ2n) is 6.56. The third-order valence-corrected chi connectivity index (χ3v) is 4.71. The van der Waals surface area contributed by atoms with Gasteiger partial charge in [0.2, 0.25) is 11.8 Å². The van der Waals surface area contributed by atoms with Crippen molar-refractivity contribution >= 4 is 23.1 Å². The molecule has 1 aliphatic rings. The lowest BCUT2D eigenvalue weighted by atomic mass is 9.89. The SMILES string of the molecule is O=C(CCC1Cc2ccccc2NC1=O)NCc1cn2ccccc2n1. The molecule has 4 rings (SSSR count). The summed E-state index contributed by atoms with van der Waals surface area (Å²) in [4.78, 5) is 28.8. The highest BCUT2D eigenvalue weighted by atomic mass is 16.2. The largest absolute Gasteiger partial charge is 0.350 e. The molecule has 3 aromatic rings. The van der Waals surface area contributed by atoms with Gasteiger partial charge in [0.1, 0.15) is 5.65 Å². The number of fused-ring (bicyclic) bond motifs is 2. The van der Waals surface area contributed by atoms with E-state index in [2.05, 4.69) is 15.6 Å². The lowest BCUT2D eigenvalue weighted by molar-refractivity contribution is -0.123. The van der Waals surface area contributed by atoms with E-state index in [0.29, 0.717) is 25.8 Å². The number of carbonyl (C=O) groups excluding carboxylic acids is 2. The van der Waals surface area contributed by atoms with Gasteiger partial charge < -0.3 is 15.0 Å². The summed E-state index contributed by atoms with van der Waals surface area (Å²) in [6.45, 7) is 0.389. The number of anilines is 1. The second kappa shape index (κ2) is 7.00. The van der Waals surface area contributed by atoms with Crippen LogP contribution in [0.3, 0.4) is 0 Å². The van der Waals surface area contributed by atoms with Crippen LogP contribution < -0.4 is 10.6 Å². The predicted molar refractivity (Wildman–Crippen MR) is 98.5 cm³/mol. The standard InChI is InChI=1S/C20H20N4O2/c25-19(21-12-16-13-24-10-4-3-7-18(24)22-16)9-8-15-11-14-5-1-2-6-17(14)23-20(15)26/h1-7,10,13,15H,8-9,11-12H2,(H,21,25)(H,23,26). The molecule has 6 heteroatoms. The lowest BCUT2D eigenvalue weighted by Gasteiger charge is -2.24. The number of amides is 2. The smallest absolute Gasteiger partial charge is 0.227 e.